The second kappa shape index (κ2) is 6.00. The Balaban J connectivity index is 2.44. The molecular weight excluding hydrogens is 262 g/mol. The SMILES string of the molecule is CCOC(=O)N1C[C@H](O)Cc2cc(OC)c(OC)cc21. The van der Waals surface area contributed by atoms with E-state index in [2.05, 4.69) is 0 Å². The van der Waals surface area contributed by atoms with E-state index in [1.165, 1.54) is 12.0 Å². The Hall–Kier alpha value is -1.95. The van der Waals surface area contributed by atoms with E-state index in [1.807, 2.05) is 0 Å². The van der Waals surface area contributed by atoms with Crippen molar-refractivity contribution in [3.8, 4) is 11.5 Å². The van der Waals surface area contributed by atoms with Crippen LogP contribution in [0.5, 0.6) is 11.5 Å². The molecule has 1 heterocycles. The number of amides is 1. The Morgan fingerprint density at radius 2 is 2.00 bits per heavy atom. The second-order valence-electron chi connectivity index (χ2n) is 4.50. The van der Waals surface area contributed by atoms with Gasteiger partial charge in [-0.05, 0) is 18.6 Å². The summed E-state index contributed by atoms with van der Waals surface area (Å²) in [5.41, 5.74) is 1.51. The zero-order valence-corrected chi connectivity index (χ0v) is 11.9. The number of carbonyl (C=O) groups is 1. The number of aliphatic hydroxyl groups is 1. The summed E-state index contributed by atoms with van der Waals surface area (Å²) in [6, 6.07) is 3.51. The lowest BCUT2D eigenvalue weighted by Crippen LogP contribution is -2.42. The van der Waals surface area contributed by atoms with E-state index in [0.29, 0.717) is 23.6 Å². The van der Waals surface area contributed by atoms with Gasteiger partial charge < -0.3 is 19.3 Å². The zero-order valence-electron chi connectivity index (χ0n) is 11.9. The smallest absolute Gasteiger partial charge is 0.414 e. The van der Waals surface area contributed by atoms with Gasteiger partial charge in [-0.3, -0.25) is 4.90 Å². The molecule has 6 nitrogen and oxygen atoms in total. The van der Waals surface area contributed by atoms with Crippen LogP contribution in [0.15, 0.2) is 12.1 Å². The van der Waals surface area contributed by atoms with Gasteiger partial charge in [-0.25, -0.2) is 4.79 Å². The number of hydrogen-bond donors (Lipinski definition) is 1. The van der Waals surface area contributed by atoms with E-state index in [0.717, 1.165) is 5.56 Å². The molecular formula is C14H19NO5. The fourth-order valence-electron chi connectivity index (χ4n) is 2.33. The Bertz CT molecular complexity index is 503. The highest BCUT2D eigenvalue weighted by atomic mass is 16.6. The zero-order chi connectivity index (χ0) is 14.7. The van der Waals surface area contributed by atoms with Crippen molar-refractivity contribution in [2.24, 2.45) is 0 Å². The van der Waals surface area contributed by atoms with Gasteiger partial charge in [0.15, 0.2) is 11.5 Å². The fraction of sp³-hybridized carbons (Fsp3) is 0.500. The van der Waals surface area contributed by atoms with Gasteiger partial charge in [0.05, 0.1) is 39.2 Å². The average molecular weight is 281 g/mol. The van der Waals surface area contributed by atoms with Crippen LogP contribution in [0.4, 0.5) is 10.5 Å². The molecule has 1 amide bonds. The Labute approximate surface area is 117 Å². The Morgan fingerprint density at radius 3 is 2.60 bits per heavy atom. The minimum absolute atomic E-state index is 0.210. The Morgan fingerprint density at radius 1 is 1.35 bits per heavy atom. The van der Waals surface area contributed by atoms with Crippen LogP contribution in [0.1, 0.15) is 12.5 Å². The lowest BCUT2D eigenvalue weighted by Gasteiger charge is -2.32. The number of hydrogen-bond acceptors (Lipinski definition) is 5. The molecule has 0 aliphatic carbocycles. The van der Waals surface area contributed by atoms with E-state index in [4.69, 9.17) is 14.2 Å². The maximum absolute atomic E-state index is 12.0. The Kier molecular flexibility index (Phi) is 4.34. The minimum Gasteiger partial charge on any atom is -0.493 e. The largest absolute Gasteiger partial charge is 0.493 e. The van der Waals surface area contributed by atoms with Crippen molar-refractivity contribution in [2.45, 2.75) is 19.4 Å². The first kappa shape index (κ1) is 14.5. The third-order valence-electron chi connectivity index (χ3n) is 3.21. The number of benzene rings is 1. The average Bonchev–Trinajstić information content (AvgIpc) is 2.45. The number of aliphatic hydroxyl groups excluding tert-OH is 1. The molecule has 0 fully saturated rings. The van der Waals surface area contributed by atoms with Crippen molar-refractivity contribution in [3.63, 3.8) is 0 Å². The third kappa shape index (κ3) is 2.65. The van der Waals surface area contributed by atoms with Crippen LogP contribution in [-0.4, -0.2) is 44.7 Å². The molecule has 1 aliphatic rings. The van der Waals surface area contributed by atoms with Gasteiger partial charge in [0, 0.05) is 12.5 Å². The summed E-state index contributed by atoms with van der Waals surface area (Å²) in [5, 5.41) is 9.91. The van der Waals surface area contributed by atoms with Gasteiger partial charge in [-0.15, -0.1) is 0 Å². The van der Waals surface area contributed by atoms with Crippen molar-refractivity contribution in [1.29, 1.82) is 0 Å². The lowest BCUT2D eigenvalue weighted by molar-refractivity contribution is 0.142. The standard InChI is InChI=1S/C14H19NO5/c1-4-20-14(17)15-8-10(16)5-9-6-12(18-2)13(19-3)7-11(9)15/h6-7,10,16H,4-5,8H2,1-3H3/t10-/m1/s1. The molecule has 0 saturated heterocycles. The summed E-state index contributed by atoms with van der Waals surface area (Å²) in [7, 11) is 3.09. The monoisotopic (exact) mass is 281 g/mol. The van der Waals surface area contributed by atoms with Crippen LogP contribution in [0.2, 0.25) is 0 Å². The van der Waals surface area contributed by atoms with E-state index in [-0.39, 0.29) is 13.2 Å². The molecule has 1 atom stereocenters. The van der Waals surface area contributed by atoms with Crippen molar-refractivity contribution >= 4 is 11.8 Å². The van der Waals surface area contributed by atoms with Gasteiger partial charge in [0.25, 0.3) is 0 Å². The summed E-state index contributed by atoms with van der Waals surface area (Å²) in [6.45, 7) is 2.24. The molecule has 0 radical (unpaired) electrons. The van der Waals surface area contributed by atoms with E-state index < -0.39 is 12.2 Å². The molecule has 0 bridgehead atoms. The van der Waals surface area contributed by atoms with Crippen LogP contribution in [0.25, 0.3) is 0 Å². The van der Waals surface area contributed by atoms with Crippen LogP contribution in [0, 0.1) is 0 Å². The number of anilines is 1. The molecule has 0 unspecified atom stereocenters. The molecule has 110 valence electrons. The molecule has 6 heteroatoms. The van der Waals surface area contributed by atoms with Crippen LogP contribution < -0.4 is 14.4 Å². The van der Waals surface area contributed by atoms with Crippen LogP contribution in [-0.2, 0) is 11.2 Å². The summed E-state index contributed by atoms with van der Waals surface area (Å²) in [6.07, 6.45) is -0.629. The number of methoxy groups -OCH3 is 2. The number of ether oxygens (including phenoxy) is 3. The maximum atomic E-state index is 12.0. The molecule has 1 aliphatic heterocycles. The first-order valence-corrected chi connectivity index (χ1v) is 6.48. The quantitative estimate of drug-likeness (QED) is 0.911. The highest BCUT2D eigenvalue weighted by Crippen LogP contribution is 2.38. The fourth-order valence-corrected chi connectivity index (χ4v) is 2.33. The third-order valence-corrected chi connectivity index (χ3v) is 3.21. The molecule has 0 spiro atoms. The molecule has 1 aromatic carbocycles. The molecule has 2 rings (SSSR count). The van der Waals surface area contributed by atoms with Gasteiger partial charge in [-0.1, -0.05) is 0 Å². The first-order valence-electron chi connectivity index (χ1n) is 6.48. The summed E-state index contributed by atoms with van der Waals surface area (Å²) >= 11 is 0. The second-order valence-corrected chi connectivity index (χ2v) is 4.50. The maximum Gasteiger partial charge on any atom is 0.414 e. The predicted molar refractivity (Wildman–Crippen MR) is 73.6 cm³/mol. The van der Waals surface area contributed by atoms with Crippen molar-refractivity contribution in [3.05, 3.63) is 17.7 Å². The van der Waals surface area contributed by atoms with Gasteiger partial charge in [0.2, 0.25) is 0 Å². The highest BCUT2D eigenvalue weighted by Gasteiger charge is 2.30. The summed E-state index contributed by atoms with van der Waals surface area (Å²) in [5.74, 6) is 1.11. The normalized spacial score (nSPS) is 17.4. The van der Waals surface area contributed by atoms with Crippen molar-refractivity contribution in [2.75, 3.05) is 32.3 Å². The number of rotatable bonds is 3. The molecule has 0 saturated carbocycles. The minimum atomic E-state index is -0.620. The van der Waals surface area contributed by atoms with E-state index >= 15 is 0 Å². The number of nitrogens with zero attached hydrogens (tertiary/aromatic N) is 1. The van der Waals surface area contributed by atoms with Crippen molar-refractivity contribution in [1.82, 2.24) is 0 Å². The molecule has 20 heavy (non-hydrogen) atoms. The van der Waals surface area contributed by atoms with Gasteiger partial charge in [0.1, 0.15) is 0 Å². The molecule has 1 N–H and O–H groups in total. The molecule has 1 aromatic rings. The first-order chi connectivity index (χ1) is 9.60. The highest BCUT2D eigenvalue weighted by molar-refractivity contribution is 5.90. The van der Waals surface area contributed by atoms with E-state index in [9.17, 15) is 9.90 Å². The van der Waals surface area contributed by atoms with Gasteiger partial charge >= 0.3 is 6.09 Å². The van der Waals surface area contributed by atoms with Crippen molar-refractivity contribution < 1.29 is 24.1 Å². The number of β-amino-alcohol motifs (C(OH)–C–C–N with tert-alkyl or cyclic N) is 1. The van der Waals surface area contributed by atoms with Crippen LogP contribution >= 0.6 is 0 Å². The van der Waals surface area contributed by atoms with Gasteiger partial charge in [-0.2, -0.15) is 0 Å². The van der Waals surface area contributed by atoms with E-state index in [1.54, 1.807) is 26.2 Å². The number of fused-ring (bicyclic) bond motifs is 1. The lowest BCUT2D eigenvalue weighted by atomic mass is 9.99. The number of carbonyl (C=O) groups excluding carboxylic acids is 1. The summed E-state index contributed by atoms with van der Waals surface area (Å²) < 4.78 is 15.5. The predicted octanol–water partition coefficient (Wildman–Crippen LogP) is 1.58. The molecule has 0 aromatic heterocycles. The van der Waals surface area contributed by atoms with Crippen LogP contribution in [0.3, 0.4) is 0 Å². The summed E-state index contributed by atoms with van der Waals surface area (Å²) in [4.78, 5) is 13.4. The topological polar surface area (TPSA) is 68.2 Å².